The van der Waals surface area contributed by atoms with E-state index in [4.69, 9.17) is 9.72 Å². The van der Waals surface area contributed by atoms with E-state index in [2.05, 4.69) is 39.8 Å². The van der Waals surface area contributed by atoms with Gasteiger partial charge in [-0.15, -0.1) is 0 Å². The highest BCUT2D eigenvalue weighted by Crippen LogP contribution is 2.33. The van der Waals surface area contributed by atoms with Crippen LogP contribution in [0.4, 0.5) is 5.13 Å². The molecule has 1 amide bonds. The van der Waals surface area contributed by atoms with E-state index >= 15 is 0 Å². The maximum atomic E-state index is 13.8. The zero-order valence-electron chi connectivity index (χ0n) is 22.9. The van der Waals surface area contributed by atoms with Gasteiger partial charge in [0.15, 0.2) is 5.13 Å². The lowest BCUT2D eigenvalue weighted by molar-refractivity contribution is 0.0917. The van der Waals surface area contributed by atoms with Crippen LogP contribution in [0.1, 0.15) is 73.9 Å². The summed E-state index contributed by atoms with van der Waals surface area (Å²) in [5.74, 6) is -0.202. The molecule has 0 N–H and O–H groups in total. The minimum absolute atomic E-state index is 0.0425. The third-order valence-electron chi connectivity index (χ3n) is 7.22. The molecule has 2 aromatic carbocycles. The van der Waals surface area contributed by atoms with Crippen molar-refractivity contribution in [3.05, 3.63) is 53.1 Å². The number of hydrogen-bond acceptors (Lipinski definition) is 6. The van der Waals surface area contributed by atoms with Crippen molar-refractivity contribution in [2.75, 3.05) is 31.1 Å². The maximum Gasteiger partial charge on any atom is 0.260 e. The van der Waals surface area contributed by atoms with Crippen LogP contribution in [0.25, 0.3) is 10.2 Å². The van der Waals surface area contributed by atoms with Crippen molar-refractivity contribution in [3.63, 3.8) is 0 Å². The van der Waals surface area contributed by atoms with Crippen molar-refractivity contribution in [1.29, 1.82) is 0 Å². The number of sulfonamides is 1. The summed E-state index contributed by atoms with van der Waals surface area (Å²) in [7, 11) is -3.63. The first-order valence-electron chi connectivity index (χ1n) is 13.7. The van der Waals surface area contributed by atoms with Gasteiger partial charge >= 0.3 is 0 Å². The number of carbonyl (C=O) groups is 1. The zero-order chi connectivity index (χ0) is 27.3. The molecule has 38 heavy (non-hydrogen) atoms. The Balaban J connectivity index is 1.63. The largest absolute Gasteiger partial charge is 0.376 e. The molecule has 9 heteroatoms. The number of amides is 1. The van der Waals surface area contributed by atoms with Crippen molar-refractivity contribution < 1.29 is 17.9 Å². The predicted molar refractivity (Wildman–Crippen MR) is 155 cm³/mol. The molecule has 2 heterocycles. The molecule has 0 radical (unpaired) electrons. The summed E-state index contributed by atoms with van der Waals surface area (Å²) in [4.78, 5) is 20.6. The molecule has 1 fully saturated rings. The molecule has 1 saturated heterocycles. The first-order valence-corrected chi connectivity index (χ1v) is 15.9. The number of ether oxygens (including phenoxy) is 1. The highest BCUT2D eigenvalue weighted by Gasteiger charge is 2.29. The van der Waals surface area contributed by atoms with Gasteiger partial charge in [-0.3, -0.25) is 9.69 Å². The highest BCUT2D eigenvalue weighted by atomic mass is 32.2. The molecule has 1 atom stereocenters. The van der Waals surface area contributed by atoms with E-state index in [0.717, 1.165) is 59.9 Å². The Morgan fingerprint density at radius 3 is 2.34 bits per heavy atom. The molecule has 0 aliphatic carbocycles. The average molecular weight is 558 g/mol. The second-order valence-corrected chi connectivity index (χ2v) is 13.0. The minimum Gasteiger partial charge on any atom is -0.376 e. The molecule has 0 spiro atoms. The number of aromatic nitrogens is 1. The van der Waals surface area contributed by atoms with E-state index < -0.39 is 10.0 Å². The monoisotopic (exact) mass is 557 g/mol. The summed E-state index contributed by atoms with van der Waals surface area (Å²) in [5.41, 5.74) is 3.62. The van der Waals surface area contributed by atoms with Crippen molar-refractivity contribution in [2.45, 2.75) is 77.2 Å². The van der Waals surface area contributed by atoms with Crippen LogP contribution in [-0.4, -0.2) is 56.0 Å². The molecule has 0 bridgehead atoms. The van der Waals surface area contributed by atoms with Crippen LogP contribution in [0.5, 0.6) is 0 Å². The fourth-order valence-electron chi connectivity index (χ4n) is 4.67. The quantitative estimate of drug-likeness (QED) is 0.260. The van der Waals surface area contributed by atoms with Crippen LogP contribution in [0, 0.1) is 13.8 Å². The van der Waals surface area contributed by atoms with Crippen molar-refractivity contribution in [2.24, 2.45) is 0 Å². The summed E-state index contributed by atoms with van der Waals surface area (Å²) in [6, 6.07) is 10.5. The van der Waals surface area contributed by atoms with E-state index in [0.29, 0.717) is 36.9 Å². The molecule has 206 valence electrons. The standard InChI is InChI=1S/C29H39N3O4S2/c1-5-7-17-31(18-8-6-2)38(34,35)25-14-12-23(13-15-25)28(33)32(20-24-10-9-19-36-24)29-30-27-22(4)21(3)11-16-26(27)37-29/h11-16,24H,5-10,17-20H2,1-4H3. The normalized spacial score (nSPS) is 16.0. The fourth-order valence-corrected chi connectivity index (χ4v) is 7.21. The number of anilines is 1. The summed E-state index contributed by atoms with van der Waals surface area (Å²) in [6.45, 7) is 10.3. The number of aryl methyl sites for hydroxylation is 2. The Morgan fingerprint density at radius 1 is 1.05 bits per heavy atom. The van der Waals surface area contributed by atoms with Crippen LogP contribution in [-0.2, 0) is 14.8 Å². The summed E-state index contributed by atoms with van der Waals surface area (Å²) < 4.78 is 35.2. The lowest BCUT2D eigenvalue weighted by Gasteiger charge is -2.24. The van der Waals surface area contributed by atoms with Crippen LogP contribution in [0.15, 0.2) is 41.3 Å². The van der Waals surface area contributed by atoms with Crippen molar-refractivity contribution >= 4 is 42.6 Å². The smallest absolute Gasteiger partial charge is 0.260 e. The first kappa shape index (κ1) is 28.7. The van der Waals surface area contributed by atoms with Gasteiger partial charge in [-0.05, 0) is 81.0 Å². The Labute approximate surface area is 230 Å². The van der Waals surface area contributed by atoms with E-state index in [-0.39, 0.29) is 16.9 Å². The number of rotatable bonds is 12. The highest BCUT2D eigenvalue weighted by molar-refractivity contribution is 7.89. The van der Waals surface area contributed by atoms with Gasteiger partial charge in [0, 0.05) is 25.3 Å². The summed E-state index contributed by atoms with van der Waals surface area (Å²) in [5, 5.41) is 0.635. The van der Waals surface area contributed by atoms with Crippen LogP contribution < -0.4 is 4.90 Å². The fraction of sp³-hybridized carbons (Fsp3) is 0.517. The Bertz CT molecular complexity index is 1340. The summed E-state index contributed by atoms with van der Waals surface area (Å²) in [6.07, 6.45) is 5.32. The third-order valence-corrected chi connectivity index (χ3v) is 10.2. The SMILES string of the molecule is CCCCN(CCCC)S(=O)(=O)c1ccc(C(=O)N(CC2CCCO2)c2nc3c(C)c(C)ccc3s2)cc1. The van der Waals surface area contributed by atoms with Gasteiger partial charge in [-0.2, -0.15) is 4.31 Å². The van der Waals surface area contributed by atoms with E-state index in [1.807, 2.05) is 0 Å². The molecule has 1 aliphatic heterocycles. The van der Waals surface area contributed by atoms with Gasteiger partial charge in [0.1, 0.15) is 0 Å². The van der Waals surface area contributed by atoms with Gasteiger partial charge < -0.3 is 4.74 Å². The number of fused-ring (bicyclic) bond motifs is 1. The lowest BCUT2D eigenvalue weighted by Crippen LogP contribution is -2.37. The Hall–Kier alpha value is -2.33. The molecule has 4 rings (SSSR count). The maximum absolute atomic E-state index is 13.8. The second-order valence-electron chi connectivity index (χ2n) is 10.0. The van der Waals surface area contributed by atoms with E-state index in [9.17, 15) is 13.2 Å². The molecule has 1 unspecified atom stereocenters. The molecule has 3 aromatic rings. The van der Waals surface area contributed by atoms with Gasteiger partial charge in [0.2, 0.25) is 10.0 Å². The van der Waals surface area contributed by atoms with Crippen LogP contribution in [0.2, 0.25) is 0 Å². The van der Waals surface area contributed by atoms with Crippen LogP contribution >= 0.6 is 11.3 Å². The van der Waals surface area contributed by atoms with E-state index in [1.165, 1.54) is 11.3 Å². The van der Waals surface area contributed by atoms with Gasteiger partial charge in [0.05, 0.1) is 27.8 Å². The topological polar surface area (TPSA) is 79.8 Å². The van der Waals surface area contributed by atoms with E-state index in [1.54, 1.807) is 33.5 Å². The number of carbonyl (C=O) groups excluding carboxylic acids is 1. The molecule has 1 aromatic heterocycles. The molecule has 7 nitrogen and oxygen atoms in total. The lowest BCUT2D eigenvalue weighted by atomic mass is 10.1. The van der Waals surface area contributed by atoms with Gasteiger partial charge in [0.25, 0.3) is 5.91 Å². The van der Waals surface area contributed by atoms with Gasteiger partial charge in [-0.25, -0.2) is 13.4 Å². The Morgan fingerprint density at radius 2 is 1.74 bits per heavy atom. The predicted octanol–water partition coefficient (Wildman–Crippen LogP) is 6.33. The first-order chi connectivity index (χ1) is 18.3. The van der Waals surface area contributed by atoms with Crippen molar-refractivity contribution in [1.82, 2.24) is 9.29 Å². The second kappa shape index (κ2) is 12.7. The number of thiazole rings is 1. The van der Waals surface area contributed by atoms with Gasteiger partial charge in [-0.1, -0.05) is 44.1 Å². The number of hydrogen-bond donors (Lipinski definition) is 0. The molecular weight excluding hydrogens is 518 g/mol. The average Bonchev–Trinajstić information content (AvgIpc) is 3.59. The number of benzene rings is 2. The van der Waals surface area contributed by atoms with Crippen LogP contribution in [0.3, 0.4) is 0 Å². The Kier molecular flexibility index (Phi) is 9.57. The summed E-state index contributed by atoms with van der Waals surface area (Å²) >= 11 is 1.50. The molecule has 1 aliphatic rings. The molecule has 0 saturated carbocycles. The minimum atomic E-state index is -3.63. The third kappa shape index (κ3) is 6.28. The number of nitrogens with zero attached hydrogens (tertiary/aromatic N) is 3. The number of unbranched alkanes of at least 4 members (excludes halogenated alkanes) is 2. The molecular formula is C29H39N3O4S2. The zero-order valence-corrected chi connectivity index (χ0v) is 24.5. The van der Waals surface area contributed by atoms with Crippen molar-refractivity contribution in [3.8, 4) is 0 Å².